The third-order valence-corrected chi connectivity index (χ3v) is 3.93. The molecule has 1 saturated carbocycles. The van der Waals surface area contributed by atoms with Crippen molar-refractivity contribution < 1.29 is 5.11 Å². The number of halogens is 1. The van der Waals surface area contributed by atoms with E-state index < -0.39 is 5.60 Å². The maximum Gasteiger partial charge on any atom is 0.0821 e. The Morgan fingerprint density at radius 3 is 3.06 bits per heavy atom. The number of nitrogens with two attached hydrogens (primary N) is 1. The van der Waals surface area contributed by atoms with Gasteiger partial charge in [0.2, 0.25) is 0 Å². The Bertz CT molecular complexity index is 424. The summed E-state index contributed by atoms with van der Waals surface area (Å²) < 4.78 is 0. The number of nitrogen functional groups attached to an aromatic ring is 1. The first kappa shape index (κ1) is 13.5. The minimum atomic E-state index is -0.619. The Morgan fingerprint density at radius 2 is 2.33 bits per heavy atom. The Kier molecular flexibility index (Phi) is 4.03. The van der Waals surface area contributed by atoms with Crippen molar-refractivity contribution >= 4 is 23.0 Å². The van der Waals surface area contributed by atoms with E-state index in [1.165, 1.54) is 6.42 Å². The monoisotopic (exact) mass is 268 g/mol. The lowest BCUT2D eigenvalue weighted by Crippen LogP contribution is -2.41. The molecule has 0 bridgehead atoms. The van der Waals surface area contributed by atoms with Crippen LogP contribution >= 0.6 is 11.6 Å². The summed E-state index contributed by atoms with van der Waals surface area (Å²) in [7, 11) is 0. The van der Waals surface area contributed by atoms with Gasteiger partial charge in [0, 0.05) is 11.6 Å². The fraction of sp³-hybridized carbons (Fsp3) is 0.571. The third-order valence-electron chi connectivity index (χ3n) is 3.69. The zero-order chi connectivity index (χ0) is 13.2. The Hall–Kier alpha value is -0.930. The molecule has 3 nitrogen and oxygen atoms in total. The molecule has 100 valence electrons. The summed E-state index contributed by atoms with van der Waals surface area (Å²) in [6, 6.07) is 5.34. The zero-order valence-electron chi connectivity index (χ0n) is 10.7. The number of nitrogens with one attached hydrogen (secondary N) is 1. The van der Waals surface area contributed by atoms with Crippen LogP contribution in [-0.4, -0.2) is 17.3 Å². The van der Waals surface area contributed by atoms with Crippen molar-refractivity contribution in [3.63, 3.8) is 0 Å². The minimum absolute atomic E-state index is 0.530. The van der Waals surface area contributed by atoms with Crippen molar-refractivity contribution in [2.75, 3.05) is 17.6 Å². The molecule has 4 N–H and O–H groups in total. The van der Waals surface area contributed by atoms with Crippen LogP contribution in [0.15, 0.2) is 18.2 Å². The van der Waals surface area contributed by atoms with Crippen LogP contribution in [-0.2, 0) is 0 Å². The maximum absolute atomic E-state index is 10.5. The van der Waals surface area contributed by atoms with E-state index in [0.717, 1.165) is 24.9 Å². The van der Waals surface area contributed by atoms with Gasteiger partial charge in [-0.1, -0.05) is 31.4 Å². The highest BCUT2D eigenvalue weighted by Crippen LogP contribution is 2.33. The van der Waals surface area contributed by atoms with Crippen LogP contribution < -0.4 is 11.1 Å². The van der Waals surface area contributed by atoms with Crippen LogP contribution in [0.25, 0.3) is 0 Å². The summed E-state index contributed by atoms with van der Waals surface area (Å²) in [5.74, 6) is 0.585. The van der Waals surface area contributed by atoms with Crippen molar-refractivity contribution in [2.24, 2.45) is 5.92 Å². The molecule has 0 aromatic heterocycles. The Labute approximate surface area is 113 Å². The van der Waals surface area contributed by atoms with Gasteiger partial charge in [0.1, 0.15) is 0 Å². The molecule has 4 heteroatoms. The number of benzene rings is 1. The Balaban J connectivity index is 2.00. The van der Waals surface area contributed by atoms with E-state index in [9.17, 15) is 5.11 Å². The van der Waals surface area contributed by atoms with Crippen LogP contribution in [0.3, 0.4) is 0 Å². The summed E-state index contributed by atoms with van der Waals surface area (Å²) >= 11 is 5.94. The van der Waals surface area contributed by atoms with Crippen LogP contribution in [0.4, 0.5) is 11.4 Å². The lowest BCUT2D eigenvalue weighted by atomic mass is 9.79. The van der Waals surface area contributed by atoms with E-state index in [4.69, 9.17) is 17.3 Å². The second-order valence-electron chi connectivity index (χ2n) is 5.51. The lowest BCUT2D eigenvalue weighted by molar-refractivity contribution is -0.000747. The standard InChI is InChI=1S/C14H21ClN2O/c1-10-3-2-6-14(18,8-10)9-17-13-7-11(15)4-5-12(13)16/h4-5,7,10,17-18H,2-3,6,8-9,16H2,1H3. The molecule has 0 amide bonds. The van der Waals surface area contributed by atoms with Crippen LogP contribution in [0, 0.1) is 5.92 Å². The molecule has 1 aliphatic carbocycles. The molecule has 0 aliphatic heterocycles. The summed E-state index contributed by atoms with van der Waals surface area (Å²) in [6.07, 6.45) is 4.00. The fourth-order valence-corrected chi connectivity index (χ4v) is 2.91. The number of hydrogen-bond donors (Lipinski definition) is 3. The molecule has 1 aliphatic rings. The molecular formula is C14H21ClN2O. The molecule has 2 rings (SSSR count). The van der Waals surface area contributed by atoms with Crippen molar-refractivity contribution in [1.29, 1.82) is 0 Å². The maximum atomic E-state index is 10.5. The molecule has 0 spiro atoms. The van der Waals surface area contributed by atoms with E-state index in [0.29, 0.717) is 23.2 Å². The smallest absolute Gasteiger partial charge is 0.0821 e. The molecule has 18 heavy (non-hydrogen) atoms. The fourth-order valence-electron chi connectivity index (χ4n) is 2.73. The highest BCUT2D eigenvalue weighted by atomic mass is 35.5. The van der Waals surface area contributed by atoms with Crippen LogP contribution in [0.5, 0.6) is 0 Å². The predicted molar refractivity (Wildman–Crippen MR) is 76.9 cm³/mol. The summed E-state index contributed by atoms with van der Waals surface area (Å²) in [6.45, 7) is 2.72. The molecule has 0 heterocycles. The normalized spacial score (nSPS) is 28.1. The van der Waals surface area contributed by atoms with E-state index in [2.05, 4.69) is 12.2 Å². The topological polar surface area (TPSA) is 58.3 Å². The van der Waals surface area contributed by atoms with Crippen LogP contribution in [0.2, 0.25) is 5.02 Å². The van der Waals surface area contributed by atoms with Gasteiger partial charge >= 0.3 is 0 Å². The van der Waals surface area contributed by atoms with Crippen molar-refractivity contribution in [3.05, 3.63) is 23.2 Å². The molecule has 1 fully saturated rings. The van der Waals surface area contributed by atoms with Gasteiger partial charge < -0.3 is 16.2 Å². The Morgan fingerprint density at radius 1 is 1.56 bits per heavy atom. The van der Waals surface area contributed by atoms with Gasteiger partial charge in [-0.2, -0.15) is 0 Å². The molecule has 1 aromatic rings. The number of rotatable bonds is 3. The van der Waals surface area contributed by atoms with Crippen molar-refractivity contribution in [2.45, 2.75) is 38.2 Å². The first-order chi connectivity index (χ1) is 8.48. The van der Waals surface area contributed by atoms with E-state index in [-0.39, 0.29) is 0 Å². The number of aliphatic hydroxyl groups is 1. The second kappa shape index (κ2) is 5.37. The van der Waals surface area contributed by atoms with Gasteiger partial charge in [0.25, 0.3) is 0 Å². The van der Waals surface area contributed by atoms with E-state index >= 15 is 0 Å². The largest absolute Gasteiger partial charge is 0.397 e. The first-order valence-corrected chi connectivity index (χ1v) is 6.88. The first-order valence-electron chi connectivity index (χ1n) is 6.50. The summed E-state index contributed by atoms with van der Waals surface area (Å²) in [5.41, 5.74) is 6.71. The summed E-state index contributed by atoms with van der Waals surface area (Å²) in [5, 5.41) is 14.4. The average Bonchev–Trinajstić information content (AvgIpc) is 2.30. The molecular weight excluding hydrogens is 248 g/mol. The van der Waals surface area contributed by atoms with E-state index in [1.807, 2.05) is 0 Å². The van der Waals surface area contributed by atoms with Gasteiger partial charge in [0.15, 0.2) is 0 Å². The molecule has 1 aromatic carbocycles. The van der Waals surface area contributed by atoms with Crippen LogP contribution in [0.1, 0.15) is 32.6 Å². The van der Waals surface area contributed by atoms with Gasteiger partial charge in [0.05, 0.1) is 17.0 Å². The molecule has 2 atom stereocenters. The molecule has 0 radical (unpaired) electrons. The third kappa shape index (κ3) is 3.30. The lowest BCUT2D eigenvalue weighted by Gasteiger charge is -2.36. The number of anilines is 2. The highest BCUT2D eigenvalue weighted by molar-refractivity contribution is 6.31. The van der Waals surface area contributed by atoms with Crippen molar-refractivity contribution in [3.8, 4) is 0 Å². The molecule has 2 unspecified atom stereocenters. The van der Waals surface area contributed by atoms with Gasteiger partial charge in [-0.25, -0.2) is 0 Å². The van der Waals surface area contributed by atoms with Crippen molar-refractivity contribution in [1.82, 2.24) is 0 Å². The number of hydrogen-bond acceptors (Lipinski definition) is 3. The van der Waals surface area contributed by atoms with Gasteiger partial charge in [-0.15, -0.1) is 0 Å². The SMILES string of the molecule is CC1CCCC(O)(CNc2cc(Cl)ccc2N)C1. The second-order valence-corrected chi connectivity index (χ2v) is 5.95. The molecule has 0 saturated heterocycles. The quantitative estimate of drug-likeness (QED) is 0.738. The van der Waals surface area contributed by atoms with Gasteiger partial charge in [-0.3, -0.25) is 0 Å². The van der Waals surface area contributed by atoms with Gasteiger partial charge in [-0.05, 0) is 37.0 Å². The zero-order valence-corrected chi connectivity index (χ0v) is 11.5. The predicted octanol–water partition coefficient (Wildman–Crippen LogP) is 3.28. The minimum Gasteiger partial charge on any atom is -0.397 e. The van der Waals surface area contributed by atoms with E-state index in [1.54, 1.807) is 18.2 Å². The highest BCUT2D eigenvalue weighted by Gasteiger charge is 2.32. The average molecular weight is 269 g/mol. The summed E-state index contributed by atoms with van der Waals surface area (Å²) in [4.78, 5) is 0.